The molecule has 4 heteroatoms. The van der Waals surface area contributed by atoms with E-state index in [2.05, 4.69) is 17.1 Å². The SMILES string of the molecule is COc1ccc2[nH]c(CN)c(-c3ccccc3)c2c1.Cl. The van der Waals surface area contributed by atoms with E-state index in [0.29, 0.717) is 6.54 Å². The second-order valence-corrected chi connectivity index (χ2v) is 4.46. The fourth-order valence-electron chi connectivity index (χ4n) is 2.44. The van der Waals surface area contributed by atoms with Crippen molar-refractivity contribution in [3.05, 3.63) is 54.2 Å². The number of fused-ring (bicyclic) bond motifs is 1. The molecular weight excluding hydrogens is 272 g/mol. The molecule has 20 heavy (non-hydrogen) atoms. The zero-order chi connectivity index (χ0) is 13.2. The van der Waals surface area contributed by atoms with Gasteiger partial charge in [0, 0.05) is 28.7 Å². The molecule has 0 unspecified atom stereocenters. The van der Waals surface area contributed by atoms with E-state index in [0.717, 1.165) is 27.9 Å². The molecule has 0 saturated carbocycles. The fourth-order valence-corrected chi connectivity index (χ4v) is 2.44. The first kappa shape index (κ1) is 14.4. The smallest absolute Gasteiger partial charge is 0.119 e. The van der Waals surface area contributed by atoms with E-state index in [1.54, 1.807) is 7.11 Å². The molecule has 3 rings (SSSR count). The Kier molecular flexibility index (Phi) is 4.32. The quantitative estimate of drug-likeness (QED) is 0.772. The zero-order valence-electron chi connectivity index (χ0n) is 11.2. The molecular formula is C16H17ClN2O. The Labute approximate surface area is 124 Å². The van der Waals surface area contributed by atoms with Crippen LogP contribution in [0, 0.1) is 0 Å². The van der Waals surface area contributed by atoms with Gasteiger partial charge in [-0.25, -0.2) is 0 Å². The van der Waals surface area contributed by atoms with Gasteiger partial charge in [0.15, 0.2) is 0 Å². The minimum absolute atomic E-state index is 0. The van der Waals surface area contributed by atoms with Gasteiger partial charge in [0.2, 0.25) is 0 Å². The van der Waals surface area contributed by atoms with Crippen LogP contribution in [0.5, 0.6) is 5.75 Å². The van der Waals surface area contributed by atoms with Crippen molar-refractivity contribution in [3.8, 4) is 16.9 Å². The van der Waals surface area contributed by atoms with E-state index in [-0.39, 0.29) is 12.4 Å². The largest absolute Gasteiger partial charge is 0.497 e. The van der Waals surface area contributed by atoms with Gasteiger partial charge in [-0.3, -0.25) is 0 Å². The summed E-state index contributed by atoms with van der Waals surface area (Å²) in [5, 5.41) is 1.14. The van der Waals surface area contributed by atoms with Gasteiger partial charge in [-0.1, -0.05) is 30.3 Å². The highest BCUT2D eigenvalue weighted by molar-refractivity contribution is 5.98. The molecule has 3 aromatic rings. The molecule has 0 spiro atoms. The second kappa shape index (κ2) is 5.99. The highest BCUT2D eigenvalue weighted by atomic mass is 35.5. The van der Waals surface area contributed by atoms with Gasteiger partial charge in [-0.05, 0) is 23.8 Å². The zero-order valence-corrected chi connectivity index (χ0v) is 12.0. The van der Waals surface area contributed by atoms with Gasteiger partial charge in [0.25, 0.3) is 0 Å². The summed E-state index contributed by atoms with van der Waals surface area (Å²) in [6.07, 6.45) is 0. The van der Waals surface area contributed by atoms with Crippen LogP contribution in [0.4, 0.5) is 0 Å². The molecule has 0 fully saturated rings. The molecule has 0 radical (unpaired) electrons. The van der Waals surface area contributed by atoms with E-state index >= 15 is 0 Å². The lowest BCUT2D eigenvalue weighted by Crippen LogP contribution is -1.98. The lowest BCUT2D eigenvalue weighted by Gasteiger charge is -2.04. The molecule has 0 bridgehead atoms. The first-order valence-corrected chi connectivity index (χ1v) is 6.27. The fraction of sp³-hybridized carbons (Fsp3) is 0.125. The van der Waals surface area contributed by atoms with E-state index in [4.69, 9.17) is 10.5 Å². The Morgan fingerprint density at radius 1 is 1.10 bits per heavy atom. The lowest BCUT2D eigenvalue weighted by atomic mass is 10.0. The van der Waals surface area contributed by atoms with Crippen LogP contribution in [-0.2, 0) is 6.54 Å². The molecule has 1 aromatic heterocycles. The van der Waals surface area contributed by atoms with Crippen molar-refractivity contribution >= 4 is 23.3 Å². The van der Waals surface area contributed by atoms with E-state index in [1.165, 1.54) is 5.56 Å². The maximum absolute atomic E-state index is 5.86. The molecule has 0 atom stereocenters. The molecule has 0 aliphatic rings. The second-order valence-electron chi connectivity index (χ2n) is 4.46. The summed E-state index contributed by atoms with van der Waals surface area (Å²) in [5.41, 5.74) is 10.3. The average molecular weight is 289 g/mol. The van der Waals surface area contributed by atoms with Gasteiger partial charge in [-0.2, -0.15) is 0 Å². The predicted octanol–water partition coefficient (Wildman–Crippen LogP) is 3.72. The maximum atomic E-state index is 5.86. The number of aromatic nitrogens is 1. The van der Waals surface area contributed by atoms with Gasteiger partial charge in [-0.15, -0.1) is 12.4 Å². The number of ether oxygens (including phenoxy) is 1. The third kappa shape index (κ3) is 2.38. The summed E-state index contributed by atoms with van der Waals surface area (Å²) >= 11 is 0. The molecule has 104 valence electrons. The standard InChI is InChI=1S/C16H16N2O.ClH/c1-19-12-7-8-14-13(9-12)16(15(10-17)18-14)11-5-3-2-4-6-11;/h2-9,18H,10,17H2,1H3;1H. The topological polar surface area (TPSA) is 51.0 Å². The lowest BCUT2D eigenvalue weighted by molar-refractivity contribution is 0.415. The minimum atomic E-state index is 0. The summed E-state index contributed by atoms with van der Waals surface area (Å²) in [7, 11) is 1.68. The maximum Gasteiger partial charge on any atom is 0.119 e. The number of aromatic amines is 1. The number of halogens is 1. The summed E-state index contributed by atoms with van der Waals surface area (Å²) in [6.45, 7) is 0.487. The van der Waals surface area contributed by atoms with Crippen LogP contribution in [0.15, 0.2) is 48.5 Å². The number of H-pyrrole nitrogens is 1. The highest BCUT2D eigenvalue weighted by Gasteiger charge is 2.12. The van der Waals surface area contributed by atoms with E-state index in [1.807, 2.05) is 36.4 Å². The van der Waals surface area contributed by atoms with Crippen LogP contribution >= 0.6 is 12.4 Å². The van der Waals surface area contributed by atoms with Crippen molar-refractivity contribution in [3.63, 3.8) is 0 Å². The van der Waals surface area contributed by atoms with E-state index in [9.17, 15) is 0 Å². The summed E-state index contributed by atoms with van der Waals surface area (Å²) in [6, 6.07) is 16.3. The third-order valence-corrected chi connectivity index (χ3v) is 3.35. The first-order chi connectivity index (χ1) is 9.33. The average Bonchev–Trinajstić information content (AvgIpc) is 2.85. The Bertz CT molecular complexity index is 707. The minimum Gasteiger partial charge on any atom is -0.497 e. The van der Waals surface area contributed by atoms with Crippen molar-refractivity contribution in [1.82, 2.24) is 4.98 Å². The van der Waals surface area contributed by atoms with Gasteiger partial charge >= 0.3 is 0 Å². The number of hydrogen-bond donors (Lipinski definition) is 2. The normalized spacial score (nSPS) is 10.3. The number of benzene rings is 2. The molecule has 0 aliphatic heterocycles. The Morgan fingerprint density at radius 2 is 1.85 bits per heavy atom. The van der Waals surface area contributed by atoms with Crippen molar-refractivity contribution in [2.24, 2.45) is 5.73 Å². The Hall–Kier alpha value is -1.97. The van der Waals surface area contributed by atoms with Crippen molar-refractivity contribution in [1.29, 1.82) is 0 Å². The number of nitrogens with one attached hydrogen (secondary N) is 1. The van der Waals surface area contributed by atoms with Crippen molar-refractivity contribution in [2.75, 3.05) is 7.11 Å². The highest BCUT2D eigenvalue weighted by Crippen LogP contribution is 2.34. The molecule has 0 amide bonds. The van der Waals surface area contributed by atoms with Crippen LogP contribution in [0.3, 0.4) is 0 Å². The molecule has 0 saturated heterocycles. The van der Waals surface area contributed by atoms with E-state index < -0.39 is 0 Å². The number of methoxy groups -OCH3 is 1. The van der Waals surface area contributed by atoms with Crippen molar-refractivity contribution < 1.29 is 4.74 Å². The third-order valence-electron chi connectivity index (χ3n) is 3.35. The molecule has 1 heterocycles. The monoisotopic (exact) mass is 288 g/mol. The predicted molar refractivity (Wildman–Crippen MR) is 85.4 cm³/mol. The Balaban J connectivity index is 0.00000147. The molecule has 2 aromatic carbocycles. The molecule has 0 aliphatic carbocycles. The molecule has 3 nitrogen and oxygen atoms in total. The van der Waals surface area contributed by atoms with Gasteiger partial charge in [0.1, 0.15) is 5.75 Å². The first-order valence-electron chi connectivity index (χ1n) is 6.27. The molecule has 3 N–H and O–H groups in total. The number of rotatable bonds is 3. The van der Waals surface area contributed by atoms with Crippen LogP contribution in [-0.4, -0.2) is 12.1 Å². The summed E-state index contributed by atoms with van der Waals surface area (Å²) in [4.78, 5) is 3.38. The van der Waals surface area contributed by atoms with Crippen LogP contribution in [0.2, 0.25) is 0 Å². The Morgan fingerprint density at radius 3 is 2.50 bits per heavy atom. The van der Waals surface area contributed by atoms with Crippen LogP contribution in [0.1, 0.15) is 5.69 Å². The van der Waals surface area contributed by atoms with Crippen LogP contribution < -0.4 is 10.5 Å². The van der Waals surface area contributed by atoms with Gasteiger partial charge < -0.3 is 15.5 Å². The summed E-state index contributed by atoms with van der Waals surface area (Å²) in [5.74, 6) is 0.854. The number of hydrogen-bond acceptors (Lipinski definition) is 2. The van der Waals surface area contributed by atoms with Crippen molar-refractivity contribution in [2.45, 2.75) is 6.54 Å². The number of nitrogens with two attached hydrogens (primary N) is 1. The van der Waals surface area contributed by atoms with Gasteiger partial charge in [0.05, 0.1) is 7.11 Å². The summed E-state index contributed by atoms with van der Waals surface area (Å²) < 4.78 is 5.31. The van der Waals surface area contributed by atoms with Crippen LogP contribution in [0.25, 0.3) is 22.0 Å².